The Bertz CT molecular complexity index is 1110. The SMILES string of the molecule is Cc1cnn(CCCOc2cccc(CN3CCCC(O)(COc4cc(C)c(Cl)c(C)c4)C3)c2)c1. The summed E-state index contributed by atoms with van der Waals surface area (Å²) in [6.07, 6.45) is 6.48. The van der Waals surface area contributed by atoms with Crippen molar-refractivity contribution in [2.45, 2.75) is 58.7 Å². The van der Waals surface area contributed by atoms with Crippen molar-refractivity contribution >= 4 is 11.6 Å². The third-order valence-electron chi connectivity index (χ3n) is 6.42. The molecule has 1 aliphatic heterocycles. The third-order valence-corrected chi connectivity index (χ3v) is 7.02. The van der Waals surface area contributed by atoms with Crippen molar-refractivity contribution < 1.29 is 14.6 Å². The van der Waals surface area contributed by atoms with Crippen LogP contribution >= 0.6 is 11.6 Å². The molecular weight excluding hydrogens is 462 g/mol. The Morgan fingerprint density at radius 3 is 2.63 bits per heavy atom. The number of aryl methyl sites for hydroxylation is 4. The molecule has 0 spiro atoms. The van der Waals surface area contributed by atoms with Gasteiger partial charge < -0.3 is 14.6 Å². The first-order valence-corrected chi connectivity index (χ1v) is 12.7. The molecule has 188 valence electrons. The quantitative estimate of drug-likeness (QED) is 0.383. The lowest BCUT2D eigenvalue weighted by Crippen LogP contribution is -2.51. The topological polar surface area (TPSA) is 59.8 Å². The third kappa shape index (κ3) is 7.23. The van der Waals surface area contributed by atoms with Gasteiger partial charge in [0, 0.05) is 37.3 Å². The number of nitrogens with zero attached hydrogens (tertiary/aromatic N) is 3. The van der Waals surface area contributed by atoms with Crippen molar-refractivity contribution in [3.05, 3.63) is 76.1 Å². The van der Waals surface area contributed by atoms with Gasteiger partial charge in [-0.25, -0.2) is 0 Å². The van der Waals surface area contributed by atoms with Crippen LogP contribution in [0.25, 0.3) is 0 Å². The number of hydrogen-bond donors (Lipinski definition) is 1. The van der Waals surface area contributed by atoms with E-state index in [1.807, 2.05) is 62.1 Å². The second-order valence-electron chi connectivity index (χ2n) is 9.83. The summed E-state index contributed by atoms with van der Waals surface area (Å²) < 4.78 is 13.9. The molecule has 7 heteroatoms. The molecule has 4 rings (SSSR count). The highest BCUT2D eigenvalue weighted by molar-refractivity contribution is 6.32. The van der Waals surface area contributed by atoms with Crippen molar-refractivity contribution in [1.29, 1.82) is 0 Å². The number of hydrogen-bond acceptors (Lipinski definition) is 5. The van der Waals surface area contributed by atoms with Crippen LogP contribution in [0.1, 0.15) is 41.5 Å². The summed E-state index contributed by atoms with van der Waals surface area (Å²) in [6, 6.07) is 12.1. The van der Waals surface area contributed by atoms with Gasteiger partial charge in [0.2, 0.25) is 0 Å². The molecule has 1 saturated heterocycles. The number of likely N-dealkylation sites (tertiary alicyclic amines) is 1. The van der Waals surface area contributed by atoms with Crippen LogP contribution in [0.4, 0.5) is 0 Å². The second-order valence-corrected chi connectivity index (χ2v) is 10.2. The van der Waals surface area contributed by atoms with Gasteiger partial charge >= 0.3 is 0 Å². The van der Waals surface area contributed by atoms with E-state index in [4.69, 9.17) is 21.1 Å². The van der Waals surface area contributed by atoms with Crippen LogP contribution in [0.5, 0.6) is 11.5 Å². The predicted octanol–water partition coefficient (Wildman–Crippen LogP) is 5.34. The number of ether oxygens (including phenoxy) is 2. The number of halogens is 1. The van der Waals surface area contributed by atoms with Gasteiger partial charge in [-0.15, -0.1) is 0 Å². The lowest BCUT2D eigenvalue weighted by Gasteiger charge is -2.39. The molecule has 0 radical (unpaired) electrons. The Morgan fingerprint density at radius 1 is 1.09 bits per heavy atom. The van der Waals surface area contributed by atoms with Gasteiger partial charge in [0.05, 0.1) is 12.8 Å². The summed E-state index contributed by atoms with van der Waals surface area (Å²) in [5, 5.41) is 16.3. The zero-order chi connectivity index (χ0) is 24.8. The van der Waals surface area contributed by atoms with Gasteiger partial charge in [-0.3, -0.25) is 9.58 Å². The monoisotopic (exact) mass is 497 g/mol. The summed E-state index contributed by atoms with van der Waals surface area (Å²) in [4.78, 5) is 2.30. The van der Waals surface area contributed by atoms with Crippen molar-refractivity contribution in [2.75, 3.05) is 26.3 Å². The van der Waals surface area contributed by atoms with E-state index in [0.29, 0.717) is 13.2 Å². The van der Waals surface area contributed by atoms with Gasteiger partial charge in [0.25, 0.3) is 0 Å². The van der Waals surface area contributed by atoms with Crippen LogP contribution in [0.2, 0.25) is 5.02 Å². The minimum absolute atomic E-state index is 0.267. The molecule has 1 unspecified atom stereocenters. The number of aliphatic hydroxyl groups is 1. The van der Waals surface area contributed by atoms with Crippen LogP contribution in [-0.4, -0.2) is 51.7 Å². The van der Waals surface area contributed by atoms with E-state index in [9.17, 15) is 5.11 Å². The first-order chi connectivity index (χ1) is 16.8. The number of aromatic nitrogens is 2. The van der Waals surface area contributed by atoms with Gasteiger partial charge in [-0.05, 0) is 86.7 Å². The molecule has 0 bridgehead atoms. The van der Waals surface area contributed by atoms with Crippen LogP contribution in [0, 0.1) is 20.8 Å². The number of rotatable bonds is 10. The van der Waals surface area contributed by atoms with Crippen molar-refractivity contribution in [1.82, 2.24) is 14.7 Å². The van der Waals surface area contributed by atoms with E-state index in [2.05, 4.69) is 22.1 Å². The molecule has 0 amide bonds. The van der Waals surface area contributed by atoms with Crippen molar-refractivity contribution in [3.63, 3.8) is 0 Å². The first-order valence-electron chi connectivity index (χ1n) is 12.3. The zero-order valence-corrected chi connectivity index (χ0v) is 21.7. The molecule has 3 aromatic rings. The molecule has 1 fully saturated rings. The van der Waals surface area contributed by atoms with Crippen molar-refractivity contribution in [2.24, 2.45) is 0 Å². The normalized spacial score (nSPS) is 18.5. The molecule has 1 aromatic heterocycles. The lowest BCUT2D eigenvalue weighted by atomic mass is 9.93. The zero-order valence-electron chi connectivity index (χ0n) is 21.0. The Hall–Kier alpha value is -2.54. The Morgan fingerprint density at radius 2 is 1.89 bits per heavy atom. The fraction of sp³-hybridized carbons (Fsp3) is 0.464. The van der Waals surface area contributed by atoms with Crippen LogP contribution in [0.3, 0.4) is 0 Å². The first kappa shape index (κ1) is 25.5. The number of benzene rings is 2. The molecule has 35 heavy (non-hydrogen) atoms. The molecule has 0 saturated carbocycles. The lowest BCUT2D eigenvalue weighted by molar-refractivity contribution is -0.0621. The van der Waals surface area contributed by atoms with Gasteiger partial charge in [0.1, 0.15) is 23.7 Å². The molecule has 1 N–H and O–H groups in total. The molecule has 2 aromatic carbocycles. The molecule has 1 aliphatic rings. The summed E-state index contributed by atoms with van der Waals surface area (Å²) in [5.74, 6) is 1.63. The standard InChI is InChI=1S/C28H36ClN3O3/c1-21-16-30-32(17-21)11-6-12-34-25-8-4-7-24(15-25)18-31-10-5-9-28(33,19-31)20-35-26-13-22(2)27(29)23(3)14-26/h4,7-8,13-17,33H,5-6,9-12,18-20H2,1-3H3. The fourth-order valence-electron chi connectivity index (χ4n) is 4.66. The van der Waals surface area contributed by atoms with E-state index >= 15 is 0 Å². The average Bonchev–Trinajstić information content (AvgIpc) is 3.24. The minimum Gasteiger partial charge on any atom is -0.494 e. The van der Waals surface area contributed by atoms with Gasteiger partial charge in [0.15, 0.2) is 0 Å². The highest BCUT2D eigenvalue weighted by atomic mass is 35.5. The van der Waals surface area contributed by atoms with Crippen molar-refractivity contribution in [3.8, 4) is 11.5 Å². The summed E-state index contributed by atoms with van der Waals surface area (Å²) in [7, 11) is 0. The highest BCUT2D eigenvalue weighted by Gasteiger charge is 2.34. The van der Waals surface area contributed by atoms with Gasteiger partial charge in [-0.1, -0.05) is 23.7 Å². The average molecular weight is 498 g/mol. The maximum Gasteiger partial charge on any atom is 0.120 e. The Balaban J connectivity index is 1.27. The van der Waals surface area contributed by atoms with E-state index < -0.39 is 5.60 Å². The Kier molecular flexibility index (Phi) is 8.37. The van der Waals surface area contributed by atoms with Crippen LogP contribution in [0.15, 0.2) is 48.8 Å². The van der Waals surface area contributed by atoms with E-state index in [1.165, 1.54) is 11.1 Å². The summed E-state index contributed by atoms with van der Waals surface area (Å²) in [5.41, 5.74) is 3.44. The van der Waals surface area contributed by atoms with Crippen LogP contribution in [-0.2, 0) is 13.1 Å². The molecule has 0 aliphatic carbocycles. The maximum atomic E-state index is 11.2. The maximum absolute atomic E-state index is 11.2. The second kappa shape index (κ2) is 11.5. The van der Waals surface area contributed by atoms with E-state index in [-0.39, 0.29) is 6.61 Å². The summed E-state index contributed by atoms with van der Waals surface area (Å²) >= 11 is 6.27. The molecular formula is C28H36ClN3O3. The summed E-state index contributed by atoms with van der Waals surface area (Å²) in [6.45, 7) is 10.0. The Labute approximate surface area is 213 Å². The van der Waals surface area contributed by atoms with E-state index in [1.54, 1.807) is 0 Å². The molecule has 2 heterocycles. The highest BCUT2D eigenvalue weighted by Crippen LogP contribution is 2.28. The minimum atomic E-state index is -0.876. The molecule has 1 atom stereocenters. The number of piperidine rings is 1. The smallest absolute Gasteiger partial charge is 0.120 e. The number of β-amino-alcohol motifs (C(OH)–C–C–N with tert-alkyl or cyclic N) is 1. The van der Waals surface area contributed by atoms with Crippen LogP contribution < -0.4 is 9.47 Å². The van der Waals surface area contributed by atoms with E-state index in [0.717, 1.165) is 66.5 Å². The fourth-order valence-corrected chi connectivity index (χ4v) is 4.77. The predicted molar refractivity (Wildman–Crippen MR) is 139 cm³/mol. The van der Waals surface area contributed by atoms with Gasteiger partial charge in [-0.2, -0.15) is 5.10 Å². The largest absolute Gasteiger partial charge is 0.494 e. The molecule has 6 nitrogen and oxygen atoms in total.